The predicted molar refractivity (Wildman–Crippen MR) is 213 cm³/mol. The molecule has 2 aliphatic carbocycles. The van der Waals surface area contributed by atoms with Gasteiger partial charge in [-0.15, -0.1) is 0 Å². The van der Waals surface area contributed by atoms with E-state index >= 15 is 0 Å². The Kier molecular flexibility index (Phi) is 12.6. The third-order valence-electron chi connectivity index (χ3n) is 10.9. The highest BCUT2D eigenvalue weighted by molar-refractivity contribution is 6.12. The second-order valence-corrected chi connectivity index (χ2v) is 14.5. The van der Waals surface area contributed by atoms with Crippen LogP contribution in [-0.4, -0.2) is 35.8 Å². The van der Waals surface area contributed by atoms with Crippen LogP contribution in [0, 0.1) is 11.8 Å². The zero-order chi connectivity index (χ0) is 37.0. The smallest absolute Gasteiger partial charge is 0.407 e. The average molecular weight is 723 g/mol. The van der Waals surface area contributed by atoms with E-state index in [0.717, 1.165) is 91.5 Å². The van der Waals surface area contributed by atoms with Crippen LogP contribution in [0.25, 0.3) is 0 Å². The summed E-state index contributed by atoms with van der Waals surface area (Å²) in [5.41, 5.74) is 7.29. The van der Waals surface area contributed by atoms with Gasteiger partial charge in [0.1, 0.15) is 12.2 Å². The summed E-state index contributed by atoms with van der Waals surface area (Å²) in [4.78, 5) is 26.2. The first kappa shape index (κ1) is 36.8. The normalized spacial score (nSPS) is 23.4. The molecule has 2 N–H and O–H groups in total. The number of carbonyl (C=O) groups excluding carboxylic acids is 2. The number of alkyl carbamates (subject to hydrolysis) is 2. The van der Waals surface area contributed by atoms with E-state index in [-0.39, 0.29) is 30.0 Å². The Hall–Kier alpha value is -5.50. The maximum Gasteiger partial charge on any atom is 0.407 e. The summed E-state index contributed by atoms with van der Waals surface area (Å²) in [6, 6.07) is 38.7. The number of rotatable bonds is 9. The van der Waals surface area contributed by atoms with Crippen molar-refractivity contribution in [3.8, 4) is 0 Å². The molecule has 54 heavy (non-hydrogen) atoms. The van der Waals surface area contributed by atoms with Crippen molar-refractivity contribution in [3.05, 3.63) is 155 Å². The number of benzene rings is 4. The minimum Gasteiger partial charge on any atom is -0.446 e. The highest BCUT2D eigenvalue weighted by Crippen LogP contribution is 2.38. The Bertz CT molecular complexity index is 1930. The van der Waals surface area contributed by atoms with Gasteiger partial charge in [0.05, 0.1) is 11.4 Å². The van der Waals surface area contributed by atoms with Gasteiger partial charge in [0, 0.05) is 24.9 Å². The Morgan fingerprint density at radius 2 is 1.24 bits per heavy atom. The van der Waals surface area contributed by atoms with Crippen LogP contribution in [0.4, 0.5) is 9.59 Å². The molecule has 0 saturated heterocycles. The first-order chi connectivity index (χ1) is 26.6. The van der Waals surface area contributed by atoms with Crippen LogP contribution in [0.15, 0.2) is 138 Å². The van der Waals surface area contributed by atoms with E-state index in [0.29, 0.717) is 13.1 Å². The summed E-state index contributed by atoms with van der Waals surface area (Å²) in [6.45, 7) is 0.811. The third-order valence-corrected chi connectivity index (χ3v) is 10.9. The molecule has 4 aromatic rings. The maximum absolute atomic E-state index is 13.7. The SMILES string of the molecule is O=C(NCc1ccccc1)OC1/C=C/CC(c2ccccc2CNC(=O)OC2CCCCCC3C(c4ccccc4)=NN=C(c4ccccc4)C23)CCC1. The van der Waals surface area contributed by atoms with E-state index in [1.54, 1.807) is 0 Å². The van der Waals surface area contributed by atoms with Gasteiger partial charge in [0.25, 0.3) is 0 Å². The highest BCUT2D eigenvalue weighted by Gasteiger charge is 2.42. The molecule has 0 radical (unpaired) electrons. The molecule has 5 atom stereocenters. The molecule has 1 saturated carbocycles. The van der Waals surface area contributed by atoms with E-state index in [9.17, 15) is 9.59 Å². The largest absolute Gasteiger partial charge is 0.446 e. The molecular weight excluding hydrogens is 673 g/mol. The molecule has 0 bridgehead atoms. The van der Waals surface area contributed by atoms with Crippen LogP contribution in [0.3, 0.4) is 0 Å². The van der Waals surface area contributed by atoms with Gasteiger partial charge >= 0.3 is 12.2 Å². The van der Waals surface area contributed by atoms with Crippen LogP contribution in [-0.2, 0) is 22.6 Å². The van der Waals surface area contributed by atoms with Gasteiger partial charge in [-0.25, -0.2) is 9.59 Å². The van der Waals surface area contributed by atoms with Crippen LogP contribution < -0.4 is 10.6 Å². The lowest BCUT2D eigenvalue weighted by atomic mass is 9.71. The van der Waals surface area contributed by atoms with Crippen molar-refractivity contribution in [2.45, 2.75) is 89.0 Å². The maximum atomic E-state index is 13.7. The van der Waals surface area contributed by atoms with Gasteiger partial charge in [-0.05, 0) is 84.8 Å². The molecule has 0 aromatic heterocycles. The average Bonchev–Trinajstić information content (AvgIpc) is 3.19. The molecule has 8 heteroatoms. The standard InChI is InChI=1S/C46H50N4O4/c51-45(47-31-33-17-5-1-6-18-33)53-38-26-15-24-34(25-16-27-38)39-28-14-13-23-37(39)32-48-46(52)54-41-30-12-4-11-29-40-42(41)44(36-21-9-3-10-22-36)50-49-43(40)35-19-7-2-8-20-35/h1-3,5-10,13-15,17-23,26,28,34,38,40-42H,4,11-12,16,24-25,27,29-32H2,(H,47,51)(H,48,52)/b26-15+. The molecule has 5 unspecified atom stereocenters. The van der Waals surface area contributed by atoms with Crippen molar-refractivity contribution in [3.63, 3.8) is 0 Å². The molecular formula is C46H50N4O4. The lowest BCUT2D eigenvalue weighted by Gasteiger charge is -2.38. The lowest BCUT2D eigenvalue weighted by molar-refractivity contribution is 0.0576. The summed E-state index contributed by atoms with van der Waals surface area (Å²) in [6.07, 6.45) is 11.1. The number of hydrogen-bond acceptors (Lipinski definition) is 6. The first-order valence-electron chi connectivity index (χ1n) is 19.6. The van der Waals surface area contributed by atoms with Crippen molar-refractivity contribution in [2.24, 2.45) is 22.0 Å². The fraction of sp³-hybridized carbons (Fsp3) is 0.348. The molecule has 2 amide bonds. The second-order valence-electron chi connectivity index (χ2n) is 14.5. The molecule has 4 aromatic carbocycles. The van der Waals surface area contributed by atoms with E-state index < -0.39 is 12.2 Å². The second kappa shape index (κ2) is 18.5. The number of nitrogens with zero attached hydrogens (tertiary/aromatic N) is 2. The zero-order valence-corrected chi connectivity index (χ0v) is 30.8. The zero-order valence-electron chi connectivity index (χ0n) is 30.8. The van der Waals surface area contributed by atoms with E-state index in [2.05, 4.69) is 59.2 Å². The number of nitrogens with one attached hydrogen (secondary N) is 2. The summed E-state index contributed by atoms with van der Waals surface area (Å²) in [5.74, 6) is 0.264. The number of allylic oxidation sites excluding steroid dienone is 1. The minimum absolute atomic E-state index is 0.0833. The minimum atomic E-state index is -0.409. The van der Waals surface area contributed by atoms with Gasteiger partial charge in [0.2, 0.25) is 0 Å². The fourth-order valence-electron chi connectivity index (χ4n) is 8.24. The number of carbonyl (C=O) groups is 2. The quantitative estimate of drug-likeness (QED) is 0.168. The first-order valence-corrected chi connectivity index (χ1v) is 19.6. The van der Waals surface area contributed by atoms with Crippen molar-refractivity contribution < 1.29 is 19.1 Å². The topological polar surface area (TPSA) is 101 Å². The Balaban J connectivity index is 0.999. The molecule has 1 aliphatic heterocycles. The van der Waals surface area contributed by atoms with Crippen LogP contribution in [0.1, 0.15) is 91.5 Å². The number of hydrogen-bond donors (Lipinski definition) is 2. The highest BCUT2D eigenvalue weighted by atomic mass is 16.6. The van der Waals surface area contributed by atoms with Crippen molar-refractivity contribution in [1.82, 2.24) is 10.6 Å². The summed E-state index contributed by atoms with van der Waals surface area (Å²) >= 11 is 0. The Labute approximate surface area is 318 Å². The fourth-order valence-corrected chi connectivity index (χ4v) is 8.24. The van der Waals surface area contributed by atoms with Crippen molar-refractivity contribution in [1.29, 1.82) is 0 Å². The third kappa shape index (κ3) is 9.53. The molecule has 0 spiro atoms. The molecule has 1 heterocycles. The van der Waals surface area contributed by atoms with E-state index in [1.807, 2.05) is 78.9 Å². The summed E-state index contributed by atoms with van der Waals surface area (Å²) in [5, 5.41) is 15.6. The van der Waals surface area contributed by atoms with E-state index in [1.165, 1.54) is 5.56 Å². The Morgan fingerprint density at radius 1 is 0.611 bits per heavy atom. The van der Waals surface area contributed by atoms with Crippen LogP contribution >= 0.6 is 0 Å². The molecule has 278 valence electrons. The predicted octanol–water partition coefficient (Wildman–Crippen LogP) is 9.89. The van der Waals surface area contributed by atoms with E-state index in [4.69, 9.17) is 19.7 Å². The molecule has 3 aliphatic rings. The van der Waals surface area contributed by atoms with Gasteiger partial charge < -0.3 is 20.1 Å². The van der Waals surface area contributed by atoms with Crippen LogP contribution in [0.2, 0.25) is 0 Å². The van der Waals surface area contributed by atoms with Crippen LogP contribution in [0.5, 0.6) is 0 Å². The van der Waals surface area contributed by atoms with Gasteiger partial charge in [-0.1, -0.05) is 134 Å². The number of amides is 2. The van der Waals surface area contributed by atoms with Gasteiger partial charge in [-0.2, -0.15) is 10.2 Å². The number of fused-ring (bicyclic) bond motifs is 1. The lowest BCUT2D eigenvalue weighted by Crippen LogP contribution is -2.45. The monoisotopic (exact) mass is 722 g/mol. The summed E-state index contributed by atoms with van der Waals surface area (Å²) < 4.78 is 12.2. The Morgan fingerprint density at radius 3 is 2.02 bits per heavy atom. The van der Waals surface area contributed by atoms with Gasteiger partial charge in [-0.3, -0.25) is 0 Å². The number of ether oxygens (including phenoxy) is 2. The molecule has 8 nitrogen and oxygen atoms in total. The molecule has 1 fully saturated rings. The molecule has 7 rings (SSSR count). The van der Waals surface area contributed by atoms with Crippen molar-refractivity contribution >= 4 is 23.6 Å². The van der Waals surface area contributed by atoms with Gasteiger partial charge in [0.15, 0.2) is 0 Å². The summed E-state index contributed by atoms with van der Waals surface area (Å²) in [7, 11) is 0. The van der Waals surface area contributed by atoms with Crippen molar-refractivity contribution in [2.75, 3.05) is 0 Å².